The van der Waals surface area contributed by atoms with Crippen molar-refractivity contribution in [2.24, 2.45) is 5.73 Å². The molecule has 1 aromatic rings. The molecule has 1 heterocycles. The Hall–Kier alpha value is -2.28. The highest BCUT2D eigenvalue weighted by Crippen LogP contribution is 2.27. The average Bonchev–Trinajstić information content (AvgIpc) is 2.61. The first-order valence-corrected chi connectivity index (χ1v) is 8.52. The minimum absolute atomic E-state index is 0.0446. The summed E-state index contributed by atoms with van der Waals surface area (Å²) in [6.07, 6.45) is 2.76. The second-order valence-electron chi connectivity index (χ2n) is 6.27. The number of methoxy groups -OCH3 is 2. The molecule has 0 spiro atoms. The van der Waals surface area contributed by atoms with Gasteiger partial charge in [0.15, 0.2) is 11.5 Å². The highest BCUT2D eigenvalue weighted by atomic mass is 16.5. The molecule has 0 radical (unpaired) electrons. The molecule has 0 saturated carbocycles. The zero-order chi connectivity index (χ0) is 18.2. The summed E-state index contributed by atoms with van der Waals surface area (Å²) in [4.78, 5) is 25.1. The van der Waals surface area contributed by atoms with Crippen LogP contribution in [0.3, 0.4) is 0 Å². The van der Waals surface area contributed by atoms with Crippen molar-refractivity contribution in [2.75, 3.05) is 33.9 Å². The number of rotatable bonds is 8. The fraction of sp³-hybridized carbons (Fsp3) is 0.556. The third-order valence-corrected chi connectivity index (χ3v) is 4.42. The lowest BCUT2D eigenvalue weighted by Gasteiger charge is -2.31. The van der Waals surface area contributed by atoms with Crippen molar-refractivity contribution in [3.8, 4) is 11.5 Å². The van der Waals surface area contributed by atoms with E-state index in [1.807, 2.05) is 23.1 Å². The molecule has 0 unspecified atom stereocenters. The molecule has 7 heteroatoms. The van der Waals surface area contributed by atoms with Crippen LogP contribution >= 0.6 is 0 Å². The second kappa shape index (κ2) is 9.27. The number of hydrogen-bond acceptors (Lipinski definition) is 5. The van der Waals surface area contributed by atoms with Crippen LogP contribution in [0, 0.1) is 0 Å². The molecule has 1 fully saturated rings. The van der Waals surface area contributed by atoms with Gasteiger partial charge in [0, 0.05) is 25.6 Å². The number of likely N-dealkylation sites (tertiary alicyclic amines) is 1. The Bertz CT molecular complexity index is 598. The zero-order valence-corrected chi connectivity index (χ0v) is 14.9. The molecule has 3 N–H and O–H groups in total. The van der Waals surface area contributed by atoms with Crippen LogP contribution in [0.2, 0.25) is 0 Å². The van der Waals surface area contributed by atoms with E-state index in [0.717, 1.165) is 31.5 Å². The molecule has 7 nitrogen and oxygen atoms in total. The second-order valence-corrected chi connectivity index (χ2v) is 6.27. The van der Waals surface area contributed by atoms with Gasteiger partial charge in [0.25, 0.3) is 0 Å². The van der Waals surface area contributed by atoms with Crippen molar-refractivity contribution in [3.05, 3.63) is 23.8 Å². The van der Waals surface area contributed by atoms with E-state index in [1.165, 1.54) is 0 Å². The summed E-state index contributed by atoms with van der Waals surface area (Å²) in [5.41, 5.74) is 6.24. The third kappa shape index (κ3) is 5.94. The molecule has 138 valence electrons. The molecule has 2 rings (SSSR count). The highest BCUT2D eigenvalue weighted by molar-refractivity contribution is 5.77. The predicted molar refractivity (Wildman–Crippen MR) is 94.7 cm³/mol. The molecule has 0 bridgehead atoms. The SMILES string of the molecule is COc1ccc(CCC(=O)NC2CCN(CC(N)=O)CC2)cc1OC. The van der Waals surface area contributed by atoms with Gasteiger partial charge in [-0.15, -0.1) is 0 Å². The number of carbonyl (C=O) groups is 2. The monoisotopic (exact) mass is 349 g/mol. The number of primary amides is 1. The molecule has 1 saturated heterocycles. The smallest absolute Gasteiger partial charge is 0.231 e. The Labute approximate surface area is 148 Å². The first kappa shape index (κ1) is 19.1. The standard InChI is InChI=1S/C18H27N3O4/c1-24-15-5-3-13(11-16(15)25-2)4-6-18(23)20-14-7-9-21(10-8-14)12-17(19)22/h3,5,11,14H,4,6-10,12H2,1-2H3,(H2,19,22)(H,20,23). The molecule has 0 aromatic heterocycles. The fourth-order valence-corrected chi connectivity index (χ4v) is 3.05. The molecule has 2 amide bonds. The van der Waals surface area contributed by atoms with E-state index in [4.69, 9.17) is 15.2 Å². The third-order valence-electron chi connectivity index (χ3n) is 4.42. The Morgan fingerprint density at radius 3 is 2.48 bits per heavy atom. The van der Waals surface area contributed by atoms with Crippen molar-refractivity contribution in [1.29, 1.82) is 0 Å². The maximum absolute atomic E-state index is 12.2. The van der Waals surface area contributed by atoms with E-state index in [2.05, 4.69) is 5.32 Å². The van der Waals surface area contributed by atoms with Gasteiger partial charge in [0.2, 0.25) is 11.8 Å². The molecule has 1 aromatic carbocycles. The number of nitrogens with two attached hydrogens (primary N) is 1. The van der Waals surface area contributed by atoms with E-state index in [0.29, 0.717) is 30.9 Å². The number of piperidine rings is 1. The number of nitrogens with one attached hydrogen (secondary N) is 1. The summed E-state index contributed by atoms with van der Waals surface area (Å²) in [5.74, 6) is 1.08. The normalized spacial score (nSPS) is 15.6. The Morgan fingerprint density at radius 1 is 1.20 bits per heavy atom. The van der Waals surface area contributed by atoms with Gasteiger partial charge in [-0.25, -0.2) is 0 Å². The molecule has 1 aliphatic heterocycles. The van der Waals surface area contributed by atoms with Crippen LogP contribution in [-0.4, -0.2) is 56.6 Å². The minimum atomic E-state index is -0.308. The van der Waals surface area contributed by atoms with E-state index in [1.54, 1.807) is 14.2 Å². The Kier molecular flexibility index (Phi) is 7.06. The molecule has 25 heavy (non-hydrogen) atoms. The number of aryl methyl sites for hydroxylation is 1. The van der Waals surface area contributed by atoms with Crippen molar-refractivity contribution < 1.29 is 19.1 Å². The summed E-state index contributed by atoms with van der Waals surface area (Å²) in [5, 5.41) is 3.08. The maximum Gasteiger partial charge on any atom is 0.231 e. The van der Waals surface area contributed by atoms with Crippen LogP contribution in [0.15, 0.2) is 18.2 Å². The van der Waals surface area contributed by atoms with Crippen LogP contribution in [0.4, 0.5) is 0 Å². The summed E-state index contributed by atoms with van der Waals surface area (Å²) < 4.78 is 10.5. The van der Waals surface area contributed by atoms with Crippen molar-refractivity contribution in [2.45, 2.75) is 31.7 Å². The van der Waals surface area contributed by atoms with Gasteiger partial charge < -0.3 is 20.5 Å². The van der Waals surface area contributed by atoms with Crippen LogP contribution in [0.1, 0.15) is 24.8 Å². The number of ether oxygens (including phenoxy) is 2. The lowest BCUT2D eigenvalue weighted by atomic mass is 10.0. The molecular formula is C18H27N3O4. The van der Waals surface area contributed by atoms with Gasteiger partial charge in [-0.1, -0.05) is 6.07 Å². The van der Waals surface area contributed by atoms with Gasteiger partial charge in [-0.3, -0.25) is 14.5 Å². The maximum atomic E-state index is 12.2. The number of benzene rings is 1. The number of carbonyl (C=O) groups excluding carboxylic acids is 2. The van der Waals surface area contributed by atoms with E-state index < -0.39 is 0 Å². The van der Waals surface area contributed by atoms with Crippen molar-refractivity contribution in [1.82, 2.24) is 10.2 Å². The van der Waals surface area contributed by atoms with E-state index in [-0.39, 0.29) is 17.9 Å². The number of hydrogen-bond donors (Lipinski definition) is 2. The lowest BCUT2D eigenvalue weighted by Crippen LogP contribution is -2.46. The van der Waals surface area contributed by atoms with Crippen LogP contribution < -0.4 is 20.5 Å². The molecule has 0 atom stereocenters. The van der Waals surface area contributed by atoms with Gasteiger partial charge in [0.1, 0.15) is 0 Å². The summed E-state index contributed by atoms with van der Waals surface area (Å²) in [6.45, 7) is 1.85. The Balaban J connectivity index is 1.75. The number of amides is 2. The Morgan fingerprint density at radius 2 is 1.88 bits per heavy atom. The summed E-state index contributed by atoms with van der Waals surface area (Å²) >= 11 is 0. The van der Waals surface area contributed by atoms with Gasteiger partial charge in [-0.2, -0.15) is 0 Å². The average molecular weight is 349 g/mol. The lowest BCUT2D eigenvalue weighted by molar-refractivity contribution is -0.123. The van der Waals surface area contributed by atoms with Crippen LogP contribution in [0.25, 0.3) is 0 Å². The van der Waals surface area contributed by atoms with Crippen molar-refractivity contribution >= 4 is 11.8 Å². The fourth-order valence-electron chi connectivity index (χ4n) is 3.05. The zero-order valence-electron chi connectivity index (χ0n) is 14.9. The first-order valence-electron chi connectivity index (χ1n) is 8.52. The van der Waals surface area contributed by atoms with Crippen LogP contribution in [0.5, 0.6) is 11.5 Å². The van der Waals surface area contributed by atoms with Gasteiger partial charge in [0.05, 0.1) is 20.8 Å². The highest BCUT2D eigenvalue weighted by Gasteiger charge is 2.21. The van der Waals surface area contributed by atoms with E-state index >= 15 is 0 Å². The minimum Gasteiger partial charge on any atom is -0.493 e. The molecule has 0 aliphatic carbocycles. The molecular weight excluding hydrogens is 322 g/mol. The first-order chi connectivity index (χ1) is 12.0. The van der Waals surface area contributed by atoms with Crippen molar-refractivity contribution in [3.63, 3.8) is 0 Å². The van der Waals surface area contributed by atoms with Crippen LogP contribution in [-0.2, 0) is 16.0 Å². The van der Waals surface area contributed by atoms with E-state index in [9.17, 15) is 9.59 Å². The summed E-state index contributed by atoms with van der Waals surface area (Å²) in [6, 6.07) is 5.85. The molecule has 1 aliphatic rings. The predicted octanol–water partition coefficient (Wildman–Crippen LogP) is 0.702. The van der Waals surface area contributed by atoms with Gasteiger partial charge in [-0.05, 0) is 37.0 Å². The van der Waals surface area contributed by atoms with Gasteiger partial charge >= 0.3 is 0 Å². The largest absolute Gasteiger partial charge is 0.493 e. The quantitative estimate of drug-likeness (QED) is 0.721. The summed E-state index contributed by atoms with van der Waals surface area (Å²) in [7, 11) is 3.19. The number of nitrogens with zero attached hydrogens (tertiary/aromatic N) is 1. The topological polar surface area (TPSA) is 93.9 Å².